The third-order valence-corrected chi connectivity index (χ3v) is 4.78. The number of hydrogen-bond acceptors (Lipinski definition) is 2. The van der Waals surface area contributed by atoms with Crippen molar-refractivity contribution in [3.8, 4) is 0 Å². The van der Waals surface area contributed by atoms with Crippen LogP contribution in [0, 0.1) is 5.92 Å². The molecule has 0 aromatic heterocycles. The first kappa shape index (κ1) is 12.4. The van der Waals surface area contributed by atoms with Crippen LogP contribution in [0.4, 0.5) is 0 Å². The second kappa shape index (κ2) is 6.01. The Morgan fingerprint density at radius 2 is 2.06 bits per heavy atom. The fraction of sp³-hybridized carbons (Fsp3) is 0.917. The van der Waals surface area contributed by atoms with Crippen LogP contribution < -0.4 is 5.32 Å². The molecule has 2 aliphatic rings. The zero-order chi connectivity index (χ0) is 11.4. The van der Waals surface area contributed by atoms with Gasteiger partial charge in [-0.2, -0.15) is 0 Å². The van der Waals surface area contributed by atoms with Crippen LogP contribution in [-0.4, -0.2) is 30.0 Å². The van der Waals surface area contributed by atoms with E-state index in [1.165, 1.54) is 25.7 Å². The molecule has 0 spiro atoms. The number of halogens is 1. The predicted octanol–water partition coefficient (Wildman–Crippen LogP) is 2.24. The van der Waals surface area contributed by atoms with Gasteiger partial charge in [-0.25, -0.2) is 0 Å². The van der Waals surface area contributed by atoms with Crippen molar-refractivity contribution < 1.29 is 9.53 Å². The van der Waals surface area contributed by atoms with Crippen molar-refractivity contribution in [2.24, 2.45) is 5.92 Å². The van der Waals surface area contributed by atoms with E-state index >= 15 is 0 Å². The standard InChI is InChI=1S/C12H20BrNO2/c13-10-5-2-1-4-9(10)8-14-12(15)11-6-3-7-16-11/h9-11H,1-8H2,(H,14,15). The van der Waals surface area contributed by atoms with Gasteiger partial charge in [0, 0.05) is 18.0 Å². The van der Waals surface area contributed by atoms with E-state index in [4.69, 9.17) is 4.74 Å². The minimum absolute atomic E-state index is 0.0859. The Kier molecular flexibility index (Phi) is 4.65. The fourth-order valence-corrected chi connectivity index (χ4v) is 3.30. The lowest BCUT2D eigenvalue weighted by Crippen LogP contribution is -2.39. The van der Waals surface area contributed by atoms with Crippen molar-refractivity contribution in [3.05, 3.63) is 0 Å². The van der Waals surface area contributed by atoms with E-state index in [1.807, 2.05) is 0 Å². The van der Waals surface area contributed by atoms with Gasteiger partial charge < -0.3 is 10.1 Å². The van der Waals surface area contributed by atoms with Crippen molar-refractivity contribution in [2.45, 2.75) is 49.5 Å². The van der Waals surface area contributed by atoms with Crippen LogP contribution in [0.1, 0.15) is 38.5 Å². The quantitative estimate of drug-likeness (QED) is 0.810. The van der Waals surface area contributed by atoms with Crippen LogP contribution in [0.3, 0.4) is 0 Å². The average molecular weight is 290 g/mol. The maximum absolute atomic E-state index is 11.7. The Balaban J connectivity index is 1.71. The molecule has 1 saturated carbocycles. The van der Waals surface area contributed by atoms with Gasteiger partial charge in [-0.1, -0.05) is 28.8 Å². The Bertz CT molecular complexity index is 241. The summed E-state index contributed by atoms with van der Waals surface area (Å²) in [7, 11) is 0. The molecule has 3 unspecified atom stereocenters. The summed E-state index contributed by atoms with van der Waals surface area (Å²) in [6.07, 6.45) is 6.78. The first-order valence-corrected chi connectivity index (χ1v) is 7.22. The van der Waals surface area contributed by atoms with Crippen LogP contribution in [-0.2, 0) is 9.53 Å². The number of rotatable bonds is 3. The van der Waals surface area contributed by atoms with Gasteiger partial charge >= 0.3 is 0 Å². The van der Waals surface area contributed by atoms with Crippen LogP contribution in [0.2, 0.25) is 0 Å². The minimum atomic E-state index is -0.183. The fourth-order valence-electron chi connectivity index (χ4n) is 2.52. The average Bonchev–Trinajstić information content (AvgIpc) is 2.81. The molecule has 1 saturated heterocycles. The molecule has 16 heavy (non-hydrogen) atoms. The zero-order valence-electron chi connectivity index (χ0n) is 9.58. The molecule has 1 aliphatic carbocycles. The maximum atomic E-state index is 11.7. The van der Waals surface area contributed by atoms with E-state index in [9.17, 15) is 4.79 Å². The largest absolute Gasteiger partial charge is 0.368 e. The Labute approximate surface area is 105 Å². The highest BCUT2D eigenvalue weighted by Gasteiger charge is 2.26. The SMILES string of the molecule is O=C(NCC1CCCCC1Br)C1CCCO1. The van der Waals surface area contributed by atoms with Crippen LogP contribution >= 0.6 is 15.9 Å². The Morgan fingerprint density at radius 1 is 1.25 bits per heavy atom. The molecule has 1 heterocycles. The molecule has 0 aromatic rings. The highest BCUT2D eigenvalue weighted by atomic mass is 79.9. The summed E-state index contributed by atoms with van der Waals surface area (Å²) in [5.41, 5.74) is 0. The summed E-state index contributed by atoms with van der Waals surface area (Å²) in [5, 5.41) is 3.03. The van der Waals surface area contributed by atoms with E-state index < -0.39 is 0 Å². The molecule has 0 bridgehead atoms. The number of hydrogen-bond donors (Lipinski definition) is 1. The van der Waals surface area contributed by atoms with Gasteiger partial charge in [0.15, 0.2) is 0 Å². The molecule has 1 amide bonds. The predicted molar refractivity (Wildman–Crippen MR) is 66.7 cm³/mol. The highest BCUT2D eigenvalue weighted by Crippen LogP contribution is 2.29. The third kappa shape index (κ3) is 3.20. The topological polar surface area (TPSA) is 38.3 Å². The van der Waals surface area contributed by atoms with Gasteiger partial charge in [0.1, 0.15) is 6.10 Å². The molecular weight excluding hydrogens is 270 g/mol. The van der Waals surface area contributed by atoms with Crippen LogP contribution in [0.25, 0.3) is 0 Å². The lowest BCUT2D eigenvalue weighted by molar-refractivity contribution is -0.130. The molecule has 2 rings (SSSR count). The summed E-state index contributed by atoms with van der Waals surface area (Å²) in [6, 6.07) is 0. The van der Waals surface area contributed by atoms with Crippen molar-refractivity contribution in [1.82, 2.24) is 5.32 Å². The molecule has 1 aliphatic heterocycles. The summed E-state index contributed by atoms with van der Waals surface area (Å²) < 4.78 is 5.36. The molecule has 92 valence electrons. The first-order valence-electron chi connectivity index (χ1n) is 6.31. The molecule has 1 N–H and O–H groups in total. The van der Waals surface area contributed by atoms with E-state index in [1.54, 1.807) is 0 Å². The van der Waals surface area contributed by atoms with Crippen molar-refractivity contribution in [1.29, 1.82) is 0 Å². The van der Waals surface area contributed by atoms with Gasteiger partial charge in [-0.15, -0.1) is 0 Å². The van der Waals surface area contributed by atoms with Crippen molar-refractivity contribution in [3.63, 3.8) is 0 Å². The van der Waals surface area contributed by atoms with E-state index in [2.05, 4.69) is 21.2 Å². The van der Waals surface area contributed by atoms with E-state index in [0.29, 0.717) is 10.7 Å². The minimum Gasteiger partial charge on any atom is -0.368 e. The summed E-state index contributed by atoms with van der Waals surface area (Å²) in [6.45, 7) is 1.54. The Morgan fingerprint density at radius 3 is 2.75 bits per heavy atom. The smallest absolute Gasteiger partial charge is 0.249 e. The zero-order valence-corrected chi connectivity index (χ0v) is 11.2. The number of amides is 1. The van der Waals surface area contributed by atoms with E-state index in [0.717, 1.165) is 26.0 Å². The monoisotopic (exact) mass is 289 g/mol. The number of ether oxygens (including phenoxy) is 1. The van der Waals surface area contributed by atoms with Crippen molar-refractivity contribution in [2.75, 3.05) is 13.2 Å². The van der Waals surface area contributed by atoms with Crippen molar-refractivity contribution >= 4 is 21.8 Å². The van der Waals surface area contributed by atoms with Gasteiger partial charge in [-0.3, -0.25) is 4.79 Å². The van der Waals surface area contributed by atoms with Crippen LogP contribution in [0.5, 0.6) is 0 Å². The van der Waals surface area contributed by atoms with Gasteiger partial charge in [-0.05, 0) is 31.6 Å². The second-order valence-electron chi connectivity index (χ2n) is 4.81. The lowest BCUT2D eigenvalue weighted by atomic mass is 9.89. The molecule has 0 radical (unpaired) electrons. The number of nitrogens with one attached hydrogen (secondary N) is 1. The van der Waals surface area contributed by atoms with Gasteiger partial charge in [0.2, 0.25) is 5.91 Å². The highest BCUT2D eigenvalue weighted by molar-refractivity contribution is 9.09. The summed E-state index contributed by atoms with van der Waals surface area (Å²) >= 11 is 3.71. The summed E-state index contributed by atoms with van der Waals surface area (Å²) in [4.78, 5) is 12.3. The number of carbonyl (C=O) groups excluding carboxylic acids is 1. The molecule has 3 nitrogen and oxygen atoms in total. The van der Waals surface area contributed by atoms with Gasteiger partial charge in [0.05, 0.1) is 0 Å². The number of carbonyl (C=O) groups is 1. The first-order chi connectivity index (χ1) is 7.77. The normalized spacial score (nSPS) is 34.9. The lowest BCUT2D eigenvalue weighted by Gasteiger charge is -2.27. The van der Waals surface area contributed by atoms with Gasteiger partial charge in [0.25, 0.3) is 0 Å². The Hall–Kier alpha value is -0.0900. The maximum Gasteiger partial charge on any atom is 0.249 e. The molecule has 3 atom stereocenters. The molecule has 0 aromatic carbocycles. The second-order valence-corrected chi connectivity index (χ2v) is 5.98. The summed E-state index contributed by atoms with van der Waals surface area (Å²) in [5.74, 6) is 0.682. The van der Waals surface area contributed by atoms with E-state index in [-0.39, 0.29) is 12.0 Å². The molecule has 4 heteroatoms. The van der Waals surface area contributed by atoms with Crippen LogP contribution in [0.15, 0.2) is 0 Å². The number of alkyl halides is 1. The third-order valence-electron chi connectivity index (χ3n) is 3.58. The molecular formula is C12H20BrNO2. The molecule has 2 fully saturated rings.